The Bertz CT molecular complexity index is 335. The summed E-state index contributed by atoms with van der Waals surface area (Å²) in [6, 6.07) is 0. The van der Waals surface area contributed by atoms with Crippen molar-refractivity contribution >= 4 is 5.97 Å². The van der Waals surface area contributed by atoms with E-state index < -0.39 is 25.0 Å². The summed E-state index contributed by atoms with van der Waals surface area (Å²) >= 11 is 0. The quantitative estimate of drug-likeness (QED) is 0.139. The van der Waals surface area contributed by atoms with Crippen molar-refractivity contribution in [1.29, 1.82) is 0 Å². The van der Waals surface area contributed by atoms with Crippen molar-refractivity contribution < 1.29 is 24.9 Å². The molecule has 0 aromatic heterocycles. The molecule has 5 nitrogen and oxygen atoms in total. The molecule has 0 amide bonds. The molecule has 0 aliphatic rings. The van der Waals surface area contributed by atoms with E-state index in [1.807, 2.05) is 0 Å². The second-order valence-electron chi connectivity index (χ2n) is 8.04. The lowest BCUT2D eigenvalue weighted by atomic mass is 10.0. The highest BCUT2D eigenvalue weighted by atomic mass is 16.6. The number of esters is 1. The number of carbonyl (C=O) groups is 1. The number of ether oxygens (including phenoxy) is 1. The van der Waals surface area contributed by atoms with Crippen LogP contribution >= 0.6 is 0 Å². The Kier molecular flexibility index (Phi) is 20.6. The highest BCUT2D eigenvalue weighted by Gasteiger charge is 2.19. The van der Waals surface area contributed by atoms with Crippen molar-refractivity contribution in [2.75, 3.05) is 6.61 Å². The van der Waals surface area contributed by atoms with Gasteiger partial charge >= 0.3 is 5.97 Å². The van der Waals surface area contributed by atoms with E-state index in [9.17, 15) is 9.90 Å². The molecular weight excluding hydrogens is 356 g/mol. The molecule has 0 spiro atoms. The van der Waals surface area contributed by atoms with Gasteiger partial charge in [-0.1, -0.05) is 110 Å². The van der Waals surface area contributed by atoms with Crippen LogP contribution in [0.25, 0.3) is 0 Å². The van der Waals surface area contributed by atoms with Gasteiger partial charge in [0.05, 0.1) is 6.61 Å². The molecule has 2 unspecified atom stereocenters. The van der Waals surface area contributed by atoms with Crippen molar-refractivity contribution in [3.63, 3.8) is 0 Å². The van der Waals surface area contributed by atoms with Crippen LogP contribution < -0.4 is 0 Å². The van der Waals surface area contributed by atoms with E-state index in [1.165, 1.54) is 89.9 Å². The Morgan fingerprint density at radius 2 is 1.04 bits per heavy atom. The van der Waals surface area contributed by atoms with Crippen molar-refractivity contribution in [2.24, 2.45) is 0 Å². The highest BCUT2D eigenvalue weighted by Crippen LogP contribution is 2.14. The molecule has 5 heteroatoms. The van der Waals surface area contributed by atoms with Gasteiger partial charge in [-0.3, -0.25) is 4.79 Å². The van der Waals surface area contributed by atoms with Gasteiger partial charge in [0, 0.05) is 6.42 Å². The SMILES string of the molecule is CCCCCCCCCCCCCCCCCCCC(=O)OC(O)C(O)CO. The van der Waals surface area contributed by atoms with Crippen LogP contribution in [0.15, 0.2) is 0 Å². The first-order valence-corrected chi connectivity index (χ1v) is 11.8. The average molecular weight is 403 g/mol. The molecule has 0 aromatic carbocycles. The number of carbonyl (C=O) groups excluding carboxylic acids is 1. The van der Waals surface area contributed by atoms with E-state index in [0.29, 0.717) is 0 Å². The third-order valence-electron chi connectivity index (χ3n) is 5.25. The molecule has 0 aliphatic heterocycles. The van der Waals surface area contributed by atoms with Crippen LogP contribution in [0.2, 0.25) is 0 Å². The van der Waals surface area contributed by atoms with Gasteiger partial charge < -0.3 is 20.1 Å². The summed E-state index contributed by atoms with van der Waals surface area (Å²) in [5, 5.41) is 27.0. The first kappa shape index (κ1) is 27.4. The Morgan fingerprint density at radius 1 is 0.679 bits per heavy atom. The zero-order valence-corrected chi connectivity index (χ0v) is 18.2. The third kappa shape index (κ3) is 18.7. The van der Waals surface area contributed by atoms with Gasteiger partial charge in [-0.05, 0) is 6.42 Å². The second-order valence-corrected chi connectivity index (χ2v) is 8.04. The molecule has 0 bridgehead atoms. The van der Waals surface area contributed by atoms with E-state index in [-0.39, 0.29) is 6.42 Å². The number of hydrogen-bond donors (Lipinski definition) is 3. The molecule has 0 fully saturated rings. The van der Waals surface area contributed by atoms with Crippen LogP contribution in [-0.4, -0.2) is 40.3 Å². The Labute approximate surface area is 172 Å². The van der Waals surface area contributed by atoms with E-state index in [4.69, 9.17) is 10.2 Å². The summed E-state index contributed by atoms with van der Waals surface area (Å²) in [4.78, 5) is 11.5. The fourth-order valence-electron chi connectivity index (χ4n) is 3.36. The molecular formula is C23H46O5. The predicted molar refractivity (Wildman–Crippen MR) is 114 cm³/mol. The summed E-state index contributed by atoms with van der Waals surface area (Å²) in [6.45, 7) is 1.63. The monoisotopic (exact) mass is 402 g/mol. The van der Waals surface area contributed by atoms with Crippen LogP contribution in [0, 0.1) is 0 Å². The fraction of sp³-hybridized carbons (Fsp3) is 0.957. The summed E-state index contributed by atoms with van der Waals surface area (Å²) in [6.07, 6.45) is 19.1. The first-order chi connectivity index (χ1) is 13.6. The molecule has 0 radical (unpaired) electrons. The maximum atomic E-state index is 11.5. The molecule has 3 N–H and O–H groups in total. The summed E-state index contributed by atoms with van der Waals surface area (Å²) in [5.41, 5.74) is 0. The molecule has 0 aromatic rings. The van der Waals surface area contributed by atoms with Gasteiger partial charge in [-0.25, -0.2) is 0 Å². The standard InChI is InChI=1S/C23H46O5/c1-2-3-4-5-6-7-8-9-10-11-12-13-14-15-16-17-18-19-22(26)28-23(27)21(25)20-24/h21,23-25,27H,2-20H2,1H3. The number of hydrogen-bond acceptors (Lipinski definition) is 5. The Hall–Kier alpha value is -0.650. The molecule has 28 heavy (non-hydrogen) atoms. The van der Waals surface area contributed by atoms with Crippen LogP contribution in [-0.2, 0) is 9.53 Å². The molecule has 0 heterocycles. The molecule has 0 aliphatic carbocycles. The molecule has 0 saturated heterocycles. The lowest BCUT2D eigenvalue weighted by molar-refractivity contribution is -0.190. The van der Waals surface area contributed by atoms with E-state index >= 15 is 0 Å². The lowest BCUT2D eigenvalue weighted by Gasteiger charge is -2.15. The minimum absolute atomic E-state index is 0.244. The van der Waals surface area contributed by atoms with Crippen molar-refractivity contribution in [3.05, 3.63) is 0 Å². The zero-order chi connectivity index (χ0) is 20.9. The van der Waals surface area contributed by atoms with Crippen LogP contribution in [0.3, 0.4) is 0 Å². The molecule has 2 atom stereocenters. The third-order valence-corrected chi connectivity index (χ3v) is 5.25. The van der Waals surface area contributed by atoms with Gasteiger partial charge in [0.15, 0.2) is 0 Å². The number of rotatable bonds is 21. The van der Waals surface area contributed by atoms with Crippen LogP contribution in [0.1, 0.15) is 122 Å². The summed E-state index contributed by atoms with van der Waals surface area (Å²) in [7, 11) is 0. The maximum absolute atomic E-state index is 11.5. The molecule has 0 rings (SSSR count). The van der Waals surface area contributed by atoms with Gasteiger partial charge in [-0.15, -0.1) is 0 Å². The van der Waals surface area contributed by atoms with Crippen LogP contribution in [0.4, 0.5) is 0 Å². The minimum Gasteiger partial charge on any atom is -0.433 e. The van der Waals surface area contributed by atoms with Crippen molar-refractivity contribution in [3.8, 4) is 0 Å². The smallest absolute Gasteiger partial charge is 0.308 e. The van der Waals surface area contributed by atoms with Crippen molar-refractivity contribution in [2.45, 2.75) is 135 Å². The Balaban J connectivity index is 3.20. The predicted octanol–water partition coefficient (Wildman–Crippen LogP) is 5.24. The minimum atomic E-state index is -1.64. The second kappa shape index (κ2) is 21.1. The Morgan fingerprint density at radius 3 is 1.39 bits per heavy atom. The van der Waals surface area contributed by atoms with Gasteiger partial charge in [0.2, 0.25) is 6.29 Å². The van der Waals surface area contributed by atoms with E-state index in [1.54, 1.807) is 0 Å². The lowest BCUT2D eigenvalue weighted by Crippen LogP contribution is -2.33. The first-order valence-electron chi connectivity index (χ1n) is 11.8. The fourth-order valence-corrected chi connectivity index (χ4v) is 3.36. The topological polar surface area (TPSA) is 87.0 Å². The number of unbranched alkanes of at least 4 members (excludes halogenated alkanes) is 16. The van der Waals surface area contributed by atoms with Gasteiger partial charge in [0.1, 0.15) is 6.10 Å². The van der Waals surface area contributed by atoms with E-state index in [2.05, 4.69) is 11.7 Å². The van der Waals surface area contributed by atoms with Crippen LogP contribution in [0.5, 0.6) is 0 Å². The van der Waals surface area contributed by atoms with Crippen molar-refractivity contribution in [1.82, 2.24) is 0 Å². The number of aliphatic hydroxyl groups excluding tert-OH is 3. The summed E-state index contributed by atoms with van der Waals surface area (Å²) in [5.74, 6) is -0.527. The molecule has 0 saturated carbocycles. The highest BCUT2D eigenvalue weighted by molar-refractivity contribution is 5.69. The largest absolute Gasteiger partial charge is 0.433 e. The number of aliphatic hydroxyl groups is 3. The van der Waals surface area contributed by atoms with Gasteiger partial charge in [0.25, 0.3) is 0 Å². The zero-order valence-electron chi connectivity index (χ0n) is 18.2. The summed E-state index contributed by atoms with van der Waals surface area (Å²) < 4.78 is 4.64. The maximum Gasteiger partial charge on any atom is 0.308 e. The molecule has 168 valence electrons. The van der Waals surface area contributed by atoms with E-state index in [0.717, 1.165) is 19.3 Å². The average Bonchev–Trinajstić information content (AvgIpc) is 2.69. The van der Waals surface area contributed by atoms with Gasteiger partial charge in [-0.2, -0.15) is 0 Å². The normalized spacial score (nSPS) is 13.4.